The molecule has 0 radical (unpaired) electrons. The van der Waals surface area contributed by atoms with E-state index in [0.717, 1.165) is 39.5 Å². The number of hydrogen-bond acceptors (Lipinski definition) is 6. The average molecular weight is 412 g/mol. The number of nitrogens with zero attached hydrogens (tertiary/aromatic N) is 3. The summed E-state index contributed by atoms with van der Waals surface area (Å²) in [6.07, 6.45) is 2.70. The zero-order chi connectivity index (χ0) is 20.5. The number of hydrogen-bond donors (Lipinski definition) is 0. The van der Waals surface area contributed by atoms with Crippen LogP contribution >= 0.6 is 11.3 Å². The van der Waals surface area contributed by atoms with Gasteiger partial charge in [0, 0.05) is 31.2 Å². The summed E-state index contributed by atoms with van der Waals surface area (Å²) >= 11 is 1.57. The van der Waals surface area contributed by atoms with Gasteiger partial charge in [-0.2, -0.15) is 5.10 Å². The highest BCUT2D eigenvalue weighted by Gasteiger charge is 2.08. The van der Waals surface area contributed by atoms with E-state index in [0.29, 0.717) is 13.2 Å². The van der Waals surface area contributed by atoms with E-state index in [2.05, 4.69) is 5.38 Å². The maximum Gasteiger partial charge on any atom is 0.206 e. The van der Waals surface area contributed by atoms with Crippen LogP contribution in [0.3, 0.4) is 0 Å². The minimum Gasteiger partial charge on any atom is -0.497 e. The SMILES string of the molecule is COCCCN=c1scc(-c2ccc(OC)cc2)n1/N=C\c1ccc(OC)cc1. The van der Waals surface area contributed by atoms with Gasteiger partial charge in [0.25, 0.3) is 0 Å². The summed E-state index contributed by atoms with van der Waals surface area (Å²) in [6, 6.07) is 15.7. The highest BCUT2D eigenvalue weighted by molar-refractivity contribution is 7.07. The van der Waals surface area contributed by atoms with Crippen molar-refractivity contribution in [2.45, 2.75) is 6.42 Å². The van der Waals surface area contributed by atoms with Gasteiger partial charge in [-0.25, -0.2) is 4.68 Å². The molecule has 1 aromatic heterocycles. The molecule has 29 heavy (non-hydrogen) atoms. The lowest BCUT2D eigenvalue weighted by atomic mass is 10.2. The molecule has 0 fully saturated rings. The molecule has 0 saturated heterocycles. The van der Waals surface area contributed by atoms with Gasteiger partial charge in [-0.15, -0.1) is 11.3 Å². The first-order chi connectivity index (χ1) is 14.2. The summed E-state index contributed by atoms with van der Waals surface area (Å²) in [5.41, 5.74) is 3.01. The number of rotatable bonds is 9. The van der Waals surface area contributed by atoms with E-state index in [4.69, 9.17) is 24.3 Å². The van der Waals surface area contributed by atoms with Crippen molar-refractivity contribution in [3.05, 3.63) is 64.3 Å². The minimum absolute atomic E-state index is 0.689. The van der Waals surface area contributed by atoms with E-state index in [1.54, 1.807) is 32.7 Å². The van der Waals surface area contributed by atoms with Gasteiger partial charge in [0.15, 0.2) is 0 Å². The van der Waals surface area contributed by atoms with Gasteiger partial charge in [0.05, 0.1) is 26.1 Å². The molecular formula is C22H25N3O3S. The summed E-state index contributed by atoms with van der Waals surface area (Å²) in [4.78, 5) is 5.55. The van der Waals surface area contributed by atoms with Crippen LogP contribution in [0.1, 0.15) is 12.0 Å². The van der Waals surface area contributed by atoms with E-state index < -0.39 is 0 Å². The van der Waals surface area contributed by atoms with Gasteiger partial charge in [-0.3, -0.25) is 4.99 Å². The van der Waals surface area contributed by atoms with Crippen molar-refractivity contribution in [2.75, 3.05) is 34.5 Å². The summed E-state index contributed by atoms with van der Waals surface area (Å²) in [5.74, 6) is 1.64. The Morgan fingerprint density at radius 2 is 1.59 bits per heavy atom. The number of thiazole rings is 1. The number of ether oxygens (including phenoxy) is 3. The molecule has 0 unspecified atom stereocenters. The van der Waals surface area contributed by atoms with Crippen LogP contribution in [0.2, 0.25) is 0 Å². The molecule has 3 aromatic rings. The fraction of sp³-hybridized carbons (Fsp3) is 0.273. The largest absolute Gasteiger partial charge is 0.497 e. The van der Waals surface area contributed by atoms with Crippen molar-refractivity contribution < 1.29 is 14.2 Å². The van der Waals surface area contributed by atoms with Crippen molar-refractivity contribution in [3.8, 4) is 22.8 Å². The van der Waals surface area contributed by atoms with Crippen LogP contribution in [0.15, 0.2) is 64.0 Å². The summed E-state index contributed by atoms with van der Waals surface area (Å²) in [6.45, 7) is 1.38. The number of aromatic nitrogens is 1. The predicted molar refractivity (Wildman–Crippen MR) is 117 cm³/mol. The van der Waals surface area contributed by atoms with Gasteiger partial charge in [-0.1, -0.05) is 0 Å². The molecular weight excluding hydrogens is 386 g/mol. The predicted octanol–water partition coefficient (Wildman–Crippen LogP) is 4.05. The van der Waals surface area contributed by atoms with Crippen molar-refractivity contribution in [3.63, 3.8) is 0 Å². The Kier molecular flexibility index (Phi) is 7.61. The second-order valence-electron chi connectivity index (χ2n) is 6.19. The molecule has 3 rings (SSSR count). The molecule has 0 amide bonds. The van der Waals surface area contributed by atoms with Crippen molar-refractivity contribution in [2.24, 2.45) is 10.1 Å². The van der Waals surface area contributed by atoms with Gasteiger partial charge >= 0.3 is 0 Å². The van der Waals surface area contributed by atoms with E-state index >= 15 is 0 Å². The monoisotopic (exact) mass is 411 g/mol. The summed E-state index contributed by atoms with van der Waals surface area (Å²) in [7, 11) is 5.02. The minimum atomic E-state index is 0.689. The molecule has 0 aliphatic carbocycles. The molecule has 0 aliphatic heterocycles. The first-order valence-corrected chi connectivity index (χ1v) is 10.2. The highest BCUT2D eigenvalue weighted by Crippen LogP contribution is 2.23. The maximum atomic E-state index is 5.27. The molecule has 0 N–H and O–H groups in total. The summed E-state index contributed by atoms with van der Waals surface area (Å²) in [5, 5.41) is 6.79. The third-order valence-electron chi connectivity index (χ3n) is 4.26. The fourth-order valence-electron chi connectivity index (χ4n) is 2.68. The molecule has 0 spiro atoms. The standard InChI is InChI=1S/C22H25N3O3S/c1-26-14-4-13-23-22-25(24-15-17-5-9-19(27-2)10-6-17)21(16-29-22)18-7-11-20(28-3)12-8-18/h5-12,15-16H,4,13-14H2,1-3H3/b23-22?,24-15-. The van der Waals surface area contributed by atoms with E-state index in [1.807, 2.05) is 59.4 Å². The Morgan fingerprint density at radius 3 is 2.21 bits per heavy atom. The maximum absolute atomic E-state index is 5.27. The Hall–Kier alpha value is -2.90. The van der Waals surface area contributed by atoms with Crippen LogP contribution < -0.4 is 14.3 Å². The van der Waals surface area contributed by atoms with Gasteiger partial charge in [-0.05, 0) is 60.5 Å². The first-order valence-electron chi connectivity index (χ1n) is 9.28. The van der Waals surface area contributed by atoms with E-state index in [9.17, 15) is 0 Å². The van der Waals surface area contributed by atoms with Crippen LogP contribution in [0.25, 0.3) is 11.3 Å². The van der Waals surface area contributed by atoms with Gasteiger partial charge in [0.1, 0.15) is 11.5 Å². The van der Waals surface area contributed by atoms with Crippen LogP contribution in [0.4, 0.5) is 0 Å². The molecule has 7 heteroatoms. The second-order valence-corrected chi connectivity index (χ2v) is 7.03. The zero-order valence-corrected chi connectivity index (χ0v) is 17.7. The zero-order valence-electron chi connectivity index (χ0n) is 16.9. The normalized spacial score (nSPS) is 11.9. The van der Waals surface area contributed by atoms with E-state index in [1.165, 1.54) is 0 Å². The lowest BCUT2D eigenvalue weighted by molar-refractivity contribution is 0.196. The number of methoxy groups -OCH3 is 3. The van der Waals surface area contributed by atoms with Crippen molar-refractivity contribution in [1.29, 1.82) is 0 Å². The molecule has 2 aromatic carbocycles. The Balaban J connectivity index is 1.95. The highest BCUT2D eigenvalue weighted by atomic mass is 32.1. The molecule has 0 atom stereocenters. The van der Waals surface area contributed by atoms with Crippen LogP contribution in [0, 0.1) is 0 Å². The fourth-order valence-corrected chi connectivity index (χ4v) is 3.54. The molecule has 0 saturated carbocycles. The smallest absolute Gasteiger partial charge is 0.206 e. The third-order valence-corrected chi connectivity index (χ3v) is 5.12. The van der Waals surface area contributed by atoms with Gasteiger partial charge < -0.3 is 14.2 Å². The third kappa shape index (κ3) is 5.56. The van der Waals surface area contributed by atoms with Crippen molar-refractivity contribution >= 4 is 17.6 Å². The lowest BCUT2D eigenvalue weighted by Gasteiger charge is -2.05. The average Bonchev–Trinajstić information content (AvgIpc) is 3.18. The second kappa shape index (κ2) is 10.6. The van der Waals surface area contributed by atoms with Gasteiger partial charge in [0.2, 0.25) is 4.80 Å². The van der Waals surface area contributed by atoms with E-state index in [-0.39, 0.29) is 0 Å². The Morgan fingerprint density at radius 1 is 0.931 bits per heavy atom. The molecule has 1 heterocycles. The Labute approximate surface area is 174 Å². The van der Waals surface area contributed by atoms with Crippen LogP contribution in [-0.2, 0) is 4.74 Å². The van der Waals surface area contributed by atoms with Crippen molar-refractivity contribution in [1.82, 2.24) is 4.68 Å². The lowest BCUT2D eigenvalue weighted by Crippen LogP contribution is -2.13. The van der Waals surface area contributed by atoms with Crippen LogP contribution in [0.5, 0.6) is 11.5 Å². The quantitative estimate of drug-likeness (QED) is 0.394. The molecule has 0 bridgehead atoms. The topological polar surface area (TPSA) is 57.3 Å². The summed E-state index contributed by atoms with van der Waals surface area (Å²) < 4.78 is 17.5. The Bertz CT molecular complexity index is 989. The molecule has 0 aliphatic rings. The number of benzene rings is 2. The van der Waals surface area contributed by atoms with Crippen LogP contribution in [-0.4, -0.2) is 45.4 Å². The molecule has 6 nitrogen and oxygen atoms in total. The molecule has 152 valence electrons. The first kappa shape index (κ1) is 20.8.